The molecule has 3 aromatic rings. The van der Waals surface area contributed by atoms with Gasteiger partial charge in [0.25, 0.3) is 0 Å². The van der Waals surface area contributed by atoms with E-state index >= 15 is 0 Å². The molecule has 2 aromatic heterocycles. The second-order valence-electron chi connectivity index (χ2n) is 7.51. The van der Waals surface area contributed by atoms with Crippen molar-refractivity contribution in [1.29, 1.82) is 0 Å². The highest BCUT2D eigenvalue weighted by molar-refractivity contribution is 6.30. The van der Waals surface area contributed by atoms with Crippen molar-refractivity contribution in [3.8, 4) is 22.6 Å². The monoisotopic (exact) mass is 524 g/mol. The minimum atomic E-state index is -4.55. The molecule has 12 heteroatoms. The Morgan fingerprint density at radius 3 is 2.33 bits per heavy atom. The molecule has 0 saturated carbocycles. The molecule has 2 heterocycles. The lowest BCUT2D eigenvalue weighted by Gasteiger charge is -2.20. The number of aromatic nitrogens is 3. The number of pyridine rings is 1. The van der Waals surface area contributed by atoms with Gasteiger partial charge in [0, 0.05) is 29.4 Å². The zero-order chi connectivity index (χ0) is 26.3. The number of carbonyl (C=O) groups excluding carboxylic acids is 1. The van der Waals surface area contributed by atoms with E-state index in [9.17, 15) is 18.0 Å². The molecule has 0 aliphatic rings. The number of ether oxygens (including phenoxy) is 3. The van der Waals surface area contributed by atoms with Gasteiger partial charge in [0.05, 0.1) is 32.8 Å². The van der Waals surface area contributed by atoms with Crippen molar-refractivity contribution in [2.24, 2.45) is 0 Å². The van der Waals surface area contributed by atoms with Crippen LogP contribution < -0.4 is 14.8 Å². The number of esters is 1. The number of methoxy groups -OCH3 is 2. The fraction of sp³-hybridized carbons (Fsp3) is 0.333. The summed E-state index contributed by atoms with van der Waals surface area (Å²) in [7, 11) is 3.09. The SMILES string of the molecule is CCOC(=O)C(Cc1ccc(-c2c(OC)cccc2OC)cn1)Nc1ncnc(Cl)c1CC(F)(F)F. The molecule has 0 radical (unpaired) electrons. The summed E-state index contributed by atoms with van der Waals surface area (Å²) in [6.45, 7) is 1.70. The number of anilines is 1. The number of hydrogen-bond acceptors (Lipinski definition) is 8. The van der Waals surface area contributed by atoms with Crippen molar-refractivity contribution < 1.29 is 32.2 Å². The molecule has 1 aromatic carbocycles. The van der Waals surface area contributed by atoms with Crippen molar-refractivity contribution in [3.63, 3.8) is 0 Å². The van der Waals surface area contributed by atoms with E-state index in [2.05, 4.69) is 20.3 Å². The average Bonchev–Trinajstić information content (AvgIpc) is 2.85. The molecule has 1 N–H and O–H groups in total. The first-order valence-corrected chi connectivity index (χ1v) is 11.2. The molecule has 8 nitrogen and oxygen atoms in total. The van der Waals surface area contributed by atoms with Crippen molar-refractivity contribution in [3.05, 3.63) is 59.3 Å². The first-order valence-electron chi connectivity index (χ1n) is 10.8. The molecule has 3 rings (SSSR count). The Kier molecular flexibility index (Phi) is 8.92. The van der Waals surface area contributed by atoms with Crippen LogP contribution in [0.2, 0.25) is 5.15 Å². The van der Waals surface area contributed by atoms with Gasteiger partial charge in [-0.25, -0.2) is 14.8 Å². The summed E-state index contributed by atoms with van der Waals surface area (Å²) in [5.41, 5.74) is 1.53. The van der Waals surface area contributed by atoms with Gasteiger partial charge in [0.1, 0.15) is 34.8 Å². The fourth-order valence-electron chi connectivity index (χ4n) is 3.51. The number of alkyl halides is 3. The highest BCUT2D eigenvalue weighted by Gasteiger charge is 2.32. The molecule has 1 unspecified atom stereocenters. The molecule has 0 spiro atoms. The largest absolute Gasteiger partial charge is 0.496 e. The molecule has 36 heavy (non-hydrogen) atoms. The number of rotatable bonds is 10. The van der Waals surface area contributed by atoms with E-state index in [-0.39, 0.29) is 29.6 Å². The number of halogens is 4. The molecule has 0 aliphatic heterocycles. The number of nitrogens with one attached hydrogen (secondary N) is 1. The third-order valence-electron chi connectivity index (χ3n) is 5.11. The highest BCUT2D eigenvalue weighted by Crippen LogP contribution is 2.38. The van der Waals surface area contributed by atoms with Gasteiger partial charge in [-0.1, -0.05) is 23.7 Å². The second-order valence-corrected chi connectivity index (χ2v) is 7.87. The summed E-state index contributed by atoms with van der Waals surface area (Å²) in [6.07, 6.45) is -3.30. The molecule has 0 fully saturated rings. The maximum atomic E-state index is 13.1. The number of hydrogen-bond donors (Lipinski definition) is 1. The van der Waals surface area contributed by atoms with E-state index in [4.69, 9.17) is 25.8 Å². The van der Waals surface area contributed by atoms with Crippen molar-refractivity contribution in [2.45, 2.75) is 32.0 Å². The van der Waals surface area contributed by atoms with Crippen LogP contribution in [-0.4, -0.2) is 54.0 Å². The zero-order valence-corrected chi connectivity index (χ0v) is 20.5. The molecule has 192 valence electrons. The van der Waals surface area contributed by atoms with Crippen LogP contribution in [0.25, 0.3) is 11.1 Å². The van der Waals surface area contributed by atoms with Crippen LogP contribution in [0.5, 0.6) is 11.5 Å². The maximum Gasteiger partial charge on any atom is 0.393 e. The van der Waals surface area contributed by atoms with Crippen LogP contribution in [0.1, 0.15) is 18.2 Å². The van der Waals surface area contributed by atoms with E-state index in [1.807, 2.05) is 0 Å². The third-order valence-corrected chi connectivity index (χ3v) is 5.43. The minimum Gasteiger partial charge on any atom is -0.496 e. The van der Waals surface area contributed by atoms with Crippen LogP contribution in [0, 0.1) is 0 Å². The highest BCUT2D eigenvalue weighted by atomic mass is 35.5. The summed E-state index contributed by atoms with van der Waals surface area (Å²) in [5, 5.41) is 2.38. The summed E-state index contributed by atoms with van der Waals surface area (Å²) in [4.78, 5) is 24.6. The van der Waals surface area contributed by atoms with Crippen LogP contribution in [0.3, 0.4) is 0 Å². The van der Waals surface area contributed by atoms with Gasteiger partial charge in [-0.3, -0.25) is 4.98 Å². The van der Waals surface area contributed by atoms with Crippen LogP contribution in [0.15, 0.2) is 42.9 Å². The molecular formula is C24H24ClF3N4O4. The predicted molar refractivity (Wildman–Crippen MR) is 127 cm³/mol. The Bertz CT molecular complexity index is 1170. The lowest BCUT2D eigenvalue weighted by atomic mass is 10.0. The van der Waals surface area contributed by atoms with Gasteiger partial charge in [0.2, 0.25) is 0 Å². The Morgan fingerprint density at radius 2 is 1.78 bits per heavy atom. The van der Waals surface area contributed by atoms with Gasteiger partial charge < -0.3 is 19.5 Å². The Hall–Kier alpha value is -3.60. The standard InChI is InChI=1S/C24H24ClF3N4O4/c1-4-36-23(33)17(32-22-16(11-24(26,27)28)21(25)30-13-31-22)10-15-9-8-14(12-29-15)20-18(34-2)6-5-7-19(20)35-3/h5-9,12-13,17H,4,10-11H2,1-3H3,(H,30,31,32). The fourth-order valence-corrected chi connectivity index (χ4v) is 3.71. The third kappa shape index (κ3) is 6.75. The molecule has 1 atom stereocenters. The van der Waals surface area contributed by atoms with Gasteiger partial charge in [0.15, 0.2) is 0 Å². The number of carbonyl (C=O) groups is 1. The lowest BCUT2D eigenvalue weighted by molar-refractivity contribution is -0.144. The van der Waals surface area contributed by atoms with Crippen LogP contribution >= 0.6 is 11.6 Å². The van der Waals surface area contributed by atoms with Crippen molar-refractivity contribution >= 4 is 23.4 Å². The van der Waals surface area contributed by atoms with E-state index in [0.717, 1.165) is 6.33 Å². The van der Waals surface area contributed by atoms with Crippen LogP contribution in [0.4, 0.5) is 19.0 Å². The smallest absolute Gasteiger partial charge is 0.393 e. The van der Waals surface area contributed by atoms with Gasteiger partial charge in [-0.2, -0.15) is 13.2 Å². The number of nitrogens with zero attached hydrogens (tertiary/aromatic N) is 3. The molecule has 0 amide bonds. The Labute approximate surface area is 210 Å². The van der Waals surface area contributed by atoms with Gasteiger partial charge in [-0.05, 0) is 25.1 Å². The average molecular weight is 525 g/mol. The first kappa shape index (κ1) is 27.0. The molecule has 0 aliphatic carbocycles. The minimum absolute atomic E-state index is 0.00918. The number of benzene rings is 1. The van der Waals surface area contributed by atoms with Gasteiger partial charge >= 0.3 is 12.1 Å². The first-order chi connectivity index (χ1) is 17.2. The van der Waals surface area contributed by atoms with E-state index in [1.165, 1.54) is 0 Å². The maximum absolute atomic E-state index is 13.1. The molecule has 0 saturated heterocycles. The predicted octanol–water partition coefficient (Wildman–Crippen LogP) is 4.90. The summed E-state index contributed by atoms with van der Waals surface area (Å²) in [5.74, 6) is 0.295. The topological polar surface area (TPSA) is 95.5 Å². The summed E-state index contributed by atoms with van der Waals surface area (Å²) in [6, 6.07) is 7.77. The molecule has 0 bridgehead atoms. The molecular weight excluding hydrogens is 501 g/mol. The lowest BCUT2D eigenvalue weighted by Crippen LogP contribution is -2.35. The van der Waals surface area contributed by atoms with E-state index in [0.29, 0.717) is 28.3 Å². The summed E-state index contributed by atoms with van der Waals surface area (Å²) >= 11 is 5.90. The summed E-state index contributed by atoms with van der Waals surface area (Å²) < 4.78 is 55.3. The van der Waals surface area contributed by atoms with E-state index < -0.39 is 24.6 Å². The normalized spacial score (nSPS) is 12.1. The Morgan fingerprint density at radius 1 is 1.08 bits per heavy atom. The second kappa shape index (κ2) is 11.9. The Balaban J connectivity index is 1.90. The zero-order valence-electron chi connectivity index (χ0n) is 19.7. The van der Waals surface area contributed by atoms with Gasteiger partial charge in [-0.15, -0.1) is 0 Å². The van der Waals surface area contributed by atoms with Crippen molar-refractivity contribution in [2.75, 3.05) is 26.1 Å². The quantitative estimate of drug-likeness (QED) is 0.295. The van der Waals surface area contributed by atoms with Crippen molar-refractivity contribution in [1.82, 2.24) is 15.0 Å². The van der Waals surface area contributed by atoms with E-state index in [1.54, 1.807) is 57.7 Å². The van der Waals surface area contributed by atoms with Crippen LogP contribution in [-0.2, 0) is 22.4 Å².